The van der Waals surface area contributed by atoms with Crippen LogP contribution < -0.4 is 17.2 Å². The Morgan fingerprint density at radius 3 is 0.706 bits per heavy atom. The molecule has 0 unspecified atom stereocenters. The Balaban J connectivity index is -0.0000000400. The number of carbonyl (C=O) groups is 3. The van der Waals surface area contributed by atoms with Crippen molar-refractivity contribution in [2.45, 2.75) is 0 Å². The van der Waals surface area contributed by atoms with Gasteiger partial charge >= 0.3 is 17.9 Å². The van der Waals surface area contributed by atoms with E-state index < -0.39 is 17.9 Å². The van der Waals surface area contributed by atoms with Crippen molar-refractivity contribution in [2.75, 3.05) is 19.6 Å². The molecule has 0 rings (SSSR count). The van der Waals surface area contributed by atoms with Crippen molar-refractivity contribution in [3.05, 3.63) is 0 Å². The van der Waals surface area contributed by atoms with Crippen molar-refractivity contribution < 1.29 is 63.8 Å². The normalized spacial score (nSPS) is 6.53. The molecule has 0 spiro atoms. The van der Waals surface area contributed by atoms with Crippen LogP contribution in [0.4, 0.5) is 0 Å². The monoisotopic (exact) mass is 337 g/mol. The molecule has 106 valence electrons. The Hall–Kier alpha value is -0.671. The molecule has 9 N–H and O–H groups in total. The molecule has 0 aromatic rings. The average molecular weight is 337 g/mol. The zero-order valence-electron chi connectivity index (χ0n) is 8.63. The minimum absolute atomic E-state index is 0. The van der Waals surface area contributed by atoms with E-state index in [0.29, 0.717) is 0 Å². The van der Waals surface area contributed by atoms with Crippen LogP contribution in [0, 0.1) is 0 Å². The largest absolute Gasteiger partial charge is 0.480 e. The Bertz CT molecular complexity index is 171. The SMILES string of the molecule is NCC(=O)O.NCC(=O)O.NCC(=O)O.[Fe].[Fe]. The van der Waals surface area contributed by atoms with E-state index in [1.807, 2.05) is 0 Å². The van der Waals surface area contributed by atoms with Crippen LogP contribution in [0.25, 0.3) is 0 Å². The van der Waals surface area contributed by atoms with E-state index in [1.54, 1.807) is 0 Å². The van der Waals surface area contributed by atoms with Crippen molar-refractivity contribution in [2.24, 2.45) is 17.2 Å². The van der Waals surface area contributed by atoms with Crippen molar-refractivity contribution in [3.63, 3.8) is 0 Å². The number of rotatable bonds is 3. The maximum atomic E-state index is 9.24. The fourth-order valence-electron chi connectivity index (χ4n) is 0. The zero-order valence-corrected chi connectivity index (χ0v) is 10.8. The summed E-state index contributed by atoms with van der Waals surface area (Å²) >= 11 is 0. The Labute approximate surface area is 119 Å². The molecule has 0 saturated carbocycles. The summed E-state index contributed by atoms with van der Waals surface area (Å²) in [5.41, 5.74) is 13.7. The maximum absolute atomic E-state index is 9.24. The van der Waals surface area contributed by atoms with Crippen molar-refractivity contribution in [1.82, 2.24) is 0 Å². The first-order chi connectivity index (χ1) is 6.81. The fraction of sp³-hybridized carbons (Fsp3) is 0.500. The quantitative estimate of drug-likeness (QED) is 0.293. The van der Waals surface area contributed by atoms with Gasteiger partial charge in [0.2, 0.25) is 0 Å². The van der Waals surface area contributed by atoms with E-state index >= 15 is 0 Å². The third-order valence-corrected chi connectivity index (χ3v) is 0.524. The number of aliphatic carboxylic acids is 3. The number of nitrogens with two attached hydrogens (primary N) is 3. The summed E-state index contributed by atoms with van der Waals surface area (Å²) in [5.74, 6) is -2.90. The van der Waals surface area contributed by atoms with Crippen LogP contribution in [0.1, 0.15) is 0 Å². The summed E-state index contributed by atoms with van der Waals surface area (Å²) in [6.45, 7) is -0.833. The van der Waals surface area contributed by atoms with Gasteiger partial charge in [0.15, 0.2) is 0 Å². The first kappa shape index (κ1) is 29.9. The third-order valence-electron chi connectivity index (χ3n) is 0.524. The van der Waals surface area contributed by atoms with Crippen molar-refractivity contribution in [3.8, 4) is 0 Å². The predicted molar refractivity (Wildman–Crippen MR) is 50.1 cm³/mol. The van der Waals surface area contributed by atoms with E-state index in [1.165, 1.54) is 0 Å². The maximum Gasteiger partial charge on any atom is 0.317 e. The molecule has 0 saturated heterocycles. The van der Waals surface area contributed by atoms with E-state index in [2.05, 4.69) is 17.2 Å². The van der Waals surface area contributed by atoms with Crippen LogP contribution in [0.15, 0.2) is 0 Å². The molecule has 0 atom stereocenters. The molecule has 11 heteroatoms. The van der Waals surface area contributed by atoms with Crippen LogP contribution in [0.2, 0.25) is 0 Å². The second-order valence-electron chi connectivity index (χ2n) is 1.79. The predicted octanol–water partition coefficient (Wildman–Crippen LogP) is -2.92. The summed E-state index contributed by atoms with van der Waals surface area (Å²) in [4.78, 5) is 27.7. The topological polar surface area (TPSA) is 190 Å². The number of hydrogen-bond acceptors (Lipinski definition) is 6. The third kappa shape index (κ3) is 95.9. The molecule has 0 aliphatic carbocycles. The van der Waals surface area contributed by atoms with Crippen LogP contribution in [-0.2, 0) is 48.5 Å². The average Bonchev–Trinajstić information content (AvgIpc) is 2.19. The molecular weight excluding hydrogens is 322 g/mol. The van der Waals surface area contributed by atoms with Crippen LogP contribution in [0.5, 0.6) is 0 Å². The summed E-state index contributed by atoms with van der Waals surface area (Å²) in [7, 11) is 0. The van der Waals surface area contributed by atoms with Gasteiger partial charge in [-0.3, -0.25) is 14.4 Å². The molecule has 0 bridgehead atoms. The van der Waals surface area contributed by atoms with E-state index in [0.717, 1.165) is 0 Å². The molecule has 0 radical (unpaired) electrons. The number of carboxylic acids is 3. The summed E-state index contributed by atoms with van der Waals surface area (Å²) < 4.78 is 0. The summed E-state index contributed by atoms with van der Waals surface area (Å²) in [6.07, 6.45) is 0. The van der Waals surface area contributed by atoms with Gasteiger partial charge in [-0.2, -0.15) is 0 Å². The zero-order chi connectivity index (χ0) is 12.9. The van der Waals surface area contributed by atoms with Crippen LogP contribution >= 0.6 is 0 Å². The smallest absolute Gasteiger partial charge is 0.317 e. The van der Waals surface area contributed by atoms with E-state index in [-0.39, 0.29) is 53.8 Å². The minimum Gasteiger partial charge on any atom is -0.480 e. The van der Waals surface area contributed by atoms with Crippen LogP contribution in [0.3, 0.4) is 0 Å². The fourth-order valence-corrected chi connectivity index (χ4v) is 0. The number of hydrogen-bond donors (Lipinski definition) is 6. The first-order valence-electron chi connectivity index (χ1n) is 3.57. The molecule has 17 heavy (non-hydrogen) atoms. The molecule has 0 aliphatic rings. The molecule has 0 fully saturated rings. The molecule has 9 nitrogen and oxygen atoms in total. The second kappa shape index (κ2) is 24.5. The Morgan fingerprint density at radius 1 is 0.647 bits per heavy atom. The summed E-state index contributed by atoms with van der Waals surface area (Å²) in [5, 5.41) is 22.8. The van der Waals surface area contributed by atoms with Crippen molar-refractivity contribution >= 4 is 17.9 Å². The van der Waals surface area contributed by atoms with Gasteiger partial charge in [0.1, 0.15) is 0 Å². The van der Waals surface area contributed by atoms with Gasteiger partial charge in [-0.25, -0.2) is 0 Å². The van der Waals surface area contributed by atoms with E-state index in [9.17, 15) is 14.4 Å². The molecular formula is C6H15Fe2N3O6. The molecule has 0 aromatic carbocycles. The van der Waals surface area contributed by atoms with Gasteiger partial charge in [-0.05, 0) is 0 Å². The van der Waals surface area contributed by atoms with Gasteiger partial charge in [0, 0.05) is 34.1 Å². The molecule has 0 heterocycles. The van der Waals surface area contributed by atoms with Gasteiger partial charge in [0.05, 0.1) is 19.6 Å². The van der Waals surface area contributed by atoms with Crippen LogP contribution in [-0.4, -0.2) is 52.9 Å². The van der Waals surface area contributed by atoms with Gasteiger partial charge in [-0.1, -0.05) is 0 Å². The minimum atomic E-state index is -0.968. The second-order valence-corrected chi connectivity index (χ2v) is 1.79. The van der Waals surface area contributed by atoms with Crippen molar-refractivity contribution in [1.29, 1.82) is 0 Å². The first-order valence-corrected chi connectivity index (χ1v) is 3.57. The Morgan fingerprint density at radius 2 is 0.706 bits per heavy atom. The van der Waals surface area contributed by atoms with Gasteiger partial charge in [0.25, 0.3) is 0 Å². The molecule has 0 aliphatic heterocycles. The number of carboxylic acid groups (broad SMARTS) is 3. The van der Waals surface area contributed by atoms with Gasteiger partial charge in [-0.15, -0.1) is 0 Å². The molecule has 0 amide bonds. The Kier molecular flexibility index (Phi) is 43.1. The standard InChI is InChI=1S/3C2H5NO2.2Fe/c3*3-1-2(4)5;;/h3*1,3H2,(H,4,5);;. The van der Waals surface area contributed by atoms with Gasteiger partial charge < -0.3 is 32.5 Å². The van der Waals surface area contributed by atoms with E-state index in [4.69, 9.17) is 15.3 Å². The summed E-state index contributed by atoms with van der Waals surface area (Å²) in [6, 6.07) is 0. The molecule has 0 aromatic heterocycles.